The summed E-state index contributed by atoms with van der Waals surface area (Å²) in [6.45, 7) is 3.44. The second-order valence-electron chi connectivity index (χ2n) is 0.418. The quantitative estimate of drug-likeness (QED) is 0.385. The molecule has 0 bridgehead atoms. The Hall–Kier alpha value is 0.402. The number of allylic oxidation sites excluding steroid dienone is 1. The van der Waals surface area contributed by atoms with Crippen molar-refractivity contribution in [2.75, 3.05) is 0 Å². The first-order valence-corrected chi connectivity index (χ1v) is 2.14. The van der Waals surface area contributed by atoms with Gasteiger partial charge < -0.3 is 0 Å². The number of hydrogen-bond acceptors (Lipinski definition) is 0. The van der Waals surface area contributed by atoms with Crippen molar-refractivity contribution in [2.24, 2.45) is 0 Å². The molecule has 0 nitrogen and oxygen atoms in total. The molecule has 0 fully saturated rings. The van der Waals surface area contributed by atoms with Crippen LogP contribution in [0.1, 0.15) is 0 Å². The number of hydrogen-bond donors (Lipinski definition) is 0. The Kier molecular flexibility index (Phi) is 3.74. The monoisotopic (exact) mass is 147 g/mol. The van der Waals surface area contributed by atoms with Crippen LogP contribution in [0.5, 0.6) is 0 Å². The van der Waals surface area contributed by atoms with Crippen molar-refractivity contribution in [3.63, 3.8) is 0 Å². The van der Waals surface area contributed by atoms with Crippen molar-refractivity contribution in [1.82, 2.24) is 0 Å². The summed E-state index contributed by atoms with van der Waals surface area (Å²) < 4.78 is 0. The fourth-order valence-corrected chi connectivity index (χ4v) is 0. The summed E-state index contributed by atoms with van der Waals surface area (Å²) in [6.07, 6.45) is 1.81. The first-order chi connectivity index (χ1) is 1.91. The second kappa shape index (κ2) is 3.40. The van der Waals surface area contributed by atoms with E-state index in [2.05, 4.69) is 25.8 Å². The zero-order valence-corrected chi connectivity index (χ0v) is 3.86. The Morgan fingerprint density at radius 2 is 2.25 bits per heavy atom. The van der Waals surface area contributed by atoms with E-state index < -0.39 is 0 Å². The molecule has 0 aromatic heterocycles. The minimum absolute atomic E-state index is 0.933. The van der Waals surface area contributed by atoms with Gasteiger partial charge >= 0.3 is 36.8 Å². The van der Waals surface area contributed by atoms with Crippen molar-refractivity contribution >= 4 is 0 Å². The van der Waals surface area contributed by atoms with Gasteiger partial charge in [0.2, 0.25) is 0 Å². The predicted molar refractivity (Wildman–Crippen MR) is 15.0 cm³/mol. The molecule has 0 saturated carbocycles. The molecule has 0 aliphatic heterocycles. The molecule has 0 saturated heterocycles. The average molecular weight is 147 g/mol. The normalized spacial score (nSPS) is 6.50. The molecule has 0 rings (SSSR count). The van der Waals surface area contributed by atoms with E-state index in [1.807, 2.05) is 6.08 Å². The van der Waals surface area contributed by atoms with Gasteiger partial charge in [-0.1, -0.05) is 0 Å². The van der Waals surface area contributed by atoms with Crippen molar-refractivity contribution in [2.45, 2.75) is 4.89 Å². The third-order valence-electron chi connectivity index (χ3n) is 0.0913. The van der Waals surface area contributed by atoms with E-state index in [1.165, 1.54) is 0 Å². The summed E-state index contributed by atoms with van der Waals surface area (Å²) in [7, 11) is 0. The molecule has 0 N–H and O–H groups in total. The van der Waals surface area contributed by atoms with Gasteiger partial charge in [0.15, 0.2) is 0 Å². The Bertz CT molecular complexity index is 17.2. The van der Waals surface area contributed by atoms with E-state index in [9.17, 15) is 0 Å². The number of rotatable bonds is 1. The molecule has 0 atom stereocenters. The Morgan fingerprint density at radius 1 is 2.00 bits per heavy atom. The van der Waals surface area contributed by atoms with Crippen molar-refractivity contribution in [3.05, 3.63) is 12.7 Å². The molecule has 0 aliphatic carbocycles. The van der Waals surface area contributed by atoms with Gasteiger partial charge in [-0.2, -0.15) is 0 Å². The molecule has 0 radical (unpaired) electrons. The molecule has 4 heavy (non-hydrogen) atoms. The van der Waals surface area contributed by atoms with E-state index in [-0.39, 0.29) is 0 Å². The van der Waals surface area contributed by atoms with Gasteiger partial charge in [-0.3, -0.25) is 0 Å². The van der Waals surface area contributed by atoms with Gasteiger partial charge in [0.1, 0.15) is 0 Å². The van der Waals surface area contributed by atoms with E-state index in [4.69, 9.17) is 0 Å². The molecule has 1 heteroatoms. The van der Waals surface area contributed by atoms with E-state index in [1.54, 1.807) is 0 Å². The van der Waals surface area contributed by atoms with E-state index in [0.29, 0.717) is 0 Å². The van der Waals surface area contributed by atoms with Crippen LogP contribution in [0.2, 0.25) is 4.89 Å². The van der Waals surface area contributed by atoms with Crippen LogP contribution in [0.4, 0.5) is 0 Å². The van der Waals surface area contributed by atoms with Gasteiger partial charge in [0.25, 0.3) is 0 Å². The fraction of sp³-hybridized carbons (Fsp3) is 0.333. The molecule has 0 spiro atoms. The van der Waals surface area contributed by atoms with Gasteiger partial charge in [0, 0.05) is 0 Å². The van der Waals surface area contributed by atoms with Crippen molar-refractivity contribution < 1.29 is 19.2 Å². The topological polar surface area (TPSA) is 0 Å². The second-order valence-corrected chi connectivity index (χ2v) is 1.05. The predicted octanol–water partition coefficient (Wildman–Crippen LogP) is 1.14. The SMILES string of the molecule is C=C[CH2][Pd+]. The van der Waals surface area contributed by atoms with Gasteiger partial charge in [-0.15, -0.1) is 0 Å². The molecule has 0 aliphatic rings. The van der Waals surface area contributed by atoms with Crippen LogP contribution in [0.15, 0.2) is 12.7 Å². The summed E-state index contributed by atoms with van der Waals surface area (Å²) >= 11 is 2.92. The zero-order chi connectivity index (χ0) is 3.41. The Labute approximate surface area is 37.3 Å². The molecule has 0 amide bonds. The summed E-state index contributed by atoms with van der Waals surface area (Å²) in [6, 6.07) is 0. The van der Waals surface area contributed by atoms with Crippen molar-refractivity contribution in [1.29, 1.82) is 0 Å². The van der Waals surface area contributed by atoms with Crippen LogP contribution in [-0.4, -0.2) is 0 Å². The zero-order valence-electron chi connectivity index (χ0n) is 2.31. The standard InChI is InChI=1S/C3H5.Pd/c1-3-2;/h3H,1-2H2;/q;+1. The fourth-order valence-electron chi connectivity index (χ4n) is 0. The molecule has 0 heterocycles. The molecular formula is C3H5Pd+. The summed E-state index contributed by atoms with van der Waals surface area (Å²) in [5, 5.41) is 0. The van der Waals surface area contributed by atoms with E-state index in [0.717, 1.165) is 4.89 Å². The van der Waals surface area contributed by atoms with Crippen LogP contribution in [0.3, 0.4) is 0 Å². The van der Waals surface area contributed by atoms with Gasteiger partial charge in [-0.25, -0.2) is 0 Å². The molecule has 0 unspecified atom stereocenters. The average Bonchev–Trinajstić information content (AvgIpc) is 1.37. The van der Waals surface area contributed by atoms with Crippen LogP contribution >= 0.6 is 0 Å². The van der Waals surface area contributed by atoms with Crippen molar-refractivity contribution in [3.8, 4) is 0 Å². The van der Waals surface area contributed by atoms with Crippen LogP contribution in [-0.2, 0) is 19.2 Å². The van der Waals surface area contributed by atoms with Crippen LogP contribution in [0, 0.1) is 0 Å². The third-order valence-corrected chi connectivity index (χ3v) is 0.540. The summed E-state index contributed by atoms with van der Waals surface area (Å²) in [5.74, 6) is 0. The Balaban J connectivity index is 2.30. The first-order valence-electron chi connectivity index (χ1n) is 1.04. The maximum absolute atomic E-state index is 3.44. The van der Waals surface area contributed by atoms with Crippen LogP contribution in [0.25, 0.3) is 0 Å². The molecule has 26 valence electrons. The Morgan fingerprint density at radius 3 is 2.25 bits per heavy atom. The van der Waals surface area contributed by atoms with Gasteiger partial charge in [-0.05, 0) is 0 Å². The molecule has 0 aromatic carbocycles. The van der Waals surface area contributed by atoms with Crippen LogP contribution < -0.4 is 0 Å². The first kappa shape index (κ1) is 4.40. The third kappa shape index (κ3) is 2.40. The molecule has 0 aromatic rings. The maximum atomic E-state index is 3.44. The minimum atomic E-state index is 0.933. The summed E-state index contributed by atoms with van der Waals surface area (Å²) in [4.78, 5) is 0.933. The van der Waals surface area contributed by atoms with Gasteiger partial charge in [0.05, 0.1) is 0 Å². The molecular weight excluding hydrogens is 142 g/mol. The summed E-state index contributed by atoms with van der Waals surface area (Å²) in [5.41, 5.74) is 0. The van der Waals surface area contributed by atoms with E-state index >= 15 is 0 Å².